The van der Waals surface area contributed by atoms with E-state index in [0.717, 1.165) is 12.1 Å². The van der Waals surface area contributed by atoms with E-state index in [1.54, 1.807) is 0 Å². The van der Waals surface area contributed by atoms with E-state index in [4.69, 9.17) is 0 Å². The van der Waals surface area contributed by atoms with Crippen molar-refractivity contribution in [1.82, 2.24) is 16.0 Å². The number of amides is 3. The van der Waals surface area contributed by atoms with Crippen LogP contribution in [-0.4, -0.2) is 36.3 Å². The predicted octanol–water partition coefficient (Wildman–Crippen LogP) is 0.0167. The van der Waals surface area contributed by atoms with Gasteiger partial charge in [0.1, 0.15) is 23.7 Å². The molecule has 0 spiro atoms. The molecule has 124 valence electrons. The van der Waals surface area contributed by atoms with E-state index in [-0.39, 0.29) is 17.9 Å². The van der Waals surface area contributed by atoms with Crippen molar-refractivity contribution in [2.45, 2.75) is 31.8 Å². The Bertz CT molecular complexity index is 616. The molecule has 2 atom stereocenters. The first-order valence-electron chi connectivity index (χ1n) is 7.17. The van der Waals surface area contributed by atoms with Gasteiger partial charge >= 0.3 is 0 Å². The van der Waals surface area contributed by atoms with Crippen LogP contribution in [-0.2, 0) is 20.8 Å². The Labute approximate surface area is 131 Å². The van der Waals surface area contributed by atoms with E-state index in [0.29, 0.717) is 19.0 Å². The van der Waals surface area contributed by atoms with Gasteiger partial charge in [-0.05, 0) is 31.0 Å². The molecule has 2 rings (SSSR count). The maximum atomic E-state index is 13.1. The van der Waals surface area contributed by atoms with Gasteiger partial charge in [-0.1, -0.05) is 0 Å². The lowest BCUT2D eigenvalue weighted by Gasteiger charge is -2.16. The van der Waals surface area contributed by atoms with Gasteiger partial charge in [0.05, 0.1) is 6.42 Å². The van der Waals surface area contributed by atoms with Crippen LogP contribution in [0.15, 0.2) is 18.2 Å². The van der Waals surface area contributed by atoms with E-state index < -0.39 is 35.5 Å². The highest BCUT2D eigenvalue weighted by atomic mass is 19.1. The van der Waals surface area contributed by atoms with Gasteiger partial charge in [-0.3, -0.25) is 14.4 Å². The summed E-state index contributed by atoms with van der Waals surface area (Å²) in [5, 5.41) is 7.54. The third-order valence-corrected chi connectivity index (χ3v) is 3.42. The number of carbonyl (C=O) groups is 3. The fourth-order valence-corrected chi connectivity index (χ4v) is 2.28. The summed E-state index contributed by atoms with van der Waals surface area (Å²) in [5.41, 5.74) is 0.169. The summed E-state index contributed by atoms with van der Waals surface area (Å²) in [4.78, 5) is 35.1. The first-order chi connectivity index (χ1) is 10.8. The van der Waals surface area contributed by atoms with Gasteiger partial charge in [0.15, 0.2) is 0 Å². The number of nitrogens with one attached hydrogen (secondary N) is 3. The second kappa shape index (κ2) is 7.17. The molecule has 1 saturated heterocycles. The third kappa shape index (κ3) is 4.73. The summed E-state index contributed by atoms with van der Waals surface area (Å²) in [5.74, 6) is -2.84. The molecule has 6 nitrogen and oxygen atoms in total. The molecule has 23 heavy (non-hydrogen) atoms. The maximum Gasteiger partial charge on any atom is 0.242 e. The van der Waals surface area contributed by atoms with Gasteiger partial charge < -0.3 is 16.0 Å². The lowest BCUT2D eigenvalue weighted by atomic mass is 10.1. The van der Waals surface area contributed by atoms with Crippen molar-refractivity contribution in [3.8, 4) is 0 Å². The van der Waals surface area contributed by atoms with Crippen LogP contribution in [0.5, 0.6) is 0 Å². The summed E-state index contributed by atoms with van der Waals surface area (Å²) < 4.78 is 26.1. The molecule has 3 amide bonds. The van der Waals surface area contributed by atoms with Crippen molar-refractivity contribution < 1.29 is 23.2 Å². The van der Waals surface area contributed by atoms with Crippen LogP contribution in [0.4, 0.5) is 8.78 Å². The molecule has 1 aromatic rings. The van der Waals surface area contributed by atoms with Crippen LogP contribution in [0.3, 0.4) is 0 Å². The number of benzene rings is 1. The number of carbonyl (C=O) groups excluding carboxylic acids is 3. The average molecular weight is 325 g/mol. The highest BCUT2D eigenvalue weighted by Crippen LogP contribution is 2.08. The largest absolute Gasteiger partial charge is 0.354 e. The predicted molar refractivity (Wildman–Crippen MR) is 77.2 cm³/mol. The van der Waals surface area contributed by atoms with E-state index in [2.05, 4.69) is 16.0 Å². The smallest absolute Gasteiger partial charge is 0.242 e. The standard InChI is InChI=1S/C15H17F2N3O3/c1-8(14(22)20-12-2-3-18-15(12)23)19-13(21)6-9-4-10(16)7-11(17)5-9/h4-5,7-8,12H,2-3,6H2,1H3,(H,18,23)(H,19,21)(H,20,22)/t8-,12?/m0/s1. The van der Waals surface area contributed by atoms with Gasteiger partial charge in [-0.2, -0.15) is 0 Å². The Morgan fingerprint density at radius 2 is 1.96 bits per heavy atom. The topological polar surface area (TPSA) is 87.3 Å². The molecule has 0 radical (unpaired) electrons. The quantitative estimate of drug-likeness (QED) is 0.713. The highest BCUT2D eigenvalue weighted by Gasteiger charge is 2.27. The van der Waals surface area contributed by atoms with E-state index in [1.807, 2.05) is 0 Å². The van der Waals surface area contributed by atoms with Crippen molar-refractivity contribution >= 4 is 17.7 Å². The van der Waals surface area contributed by atoms with Crippen molar-refractivity contribution in [3.05, 3.63) is 35.4 Å². The van der Waals surface area contributed by atoms with Crippen LogP contribution in [0.1, 0.15) is 18.9 Å². The van der Waals surface area contributed by atoms with Crippen molar-refractivity contribution in [2.75, 3.05) is 6.54 Å². The van der Waals surface area contributed by atoms with Gasteiger partial charge in [0.25, 0.3) is 0 Å². The normalized spacial score (nSPS) is 18.2. The Hall–Kier alpha value is -2.51. The Morgan fingerprint density at radius 1 is 1.30 bits per heavy atom. The van der Waals surface area contributed by atoms with Gasteiger partial charge in [0.2, 0.25) is 17.7 Å². The number of halogens is 2. The minimum Gasteiger partial charge on any atom is -0.354 e. The van der Waals surface area contributed by atoms with Gasteiger partial charge in [-0.25, -0.2) is 8.78 Å². The fourth-order valence-electron chi connectivity index (χ4n) is 2.28. The first kappa shape index (κ1) is 16.9. The van der Waals surface area contributed by atoms with Gasteiger partial charge in [0, 0.05) is 12.6 Å². The lowest BCUT2D eigenvalue weighted by molar-refractivity contribution is -0.130. The molecule has 1 fully saturated rings. The minimum absolute atomic E-state index is 0.169. The van der Waals surface area contributed by atoms with Crippen LogP contribution < -0.4 is 16.0 Å². The van der Waals surface area contributed by atoms with Crippen molar-refractivity contribution in [2.24, 2.45) is 0 Å². The molecule has 1 unspecified atom stereocenters. The summed E-state index contributed by atoms with van der Waals surface area (Å²) >= 11 is 0. The molecule has 1 aromatic carbocycles. The van der Waals surface area contributed by atoms with Crippen LogP contribution >= 0.6 is 0 Å². The molecular weight excluding hydrogens is 308 g/mol. The van der Waals surface area contributed by atoms with Crippen LogP contribution in [0.2, 0.25) is 0 Å². The molecule has 0 bridgehead atoms. The van der Waals surface area contributed by atoms with Crippen LogP contribution in [0.25, 0.3) is 0 Å². The van der Waals surface area contributed by atoms with Crippen LogP contribution in [0, 0.1) is 11.6 Å². The minimum atomic E-state index is -0.866. The highest BCUT2D eigenvalue weighted by molar-refractivity contribution is 5.92. The zero-order valence-electron chi connectivity index (χ0n) is 12.5. The molecule has 8 heteroatoms. The second-order valence-electron chi connectivity index (χ2n) is 5.38. The Balaban J connectivity index is 1.86. The molecule has 0 aliphatic carbocycles. The summed E-state index contributed by atoms with van der Waals surface area (Å²) in [7, 11) is 0. The maximum absolute atomic E-state index is 13.1. The molecule has 0 saturated carbocycles. The summed E-state index contributed by atoms with van der Waals surface area (Å²) in [6, 6.07) is 1.35. The number of rotatable bonds is 5. The third-order valence-electron chi connectivity index (χ3n) is 3.42. The number of hydrogen-bond acceptors (Lipinski definition) is 3. The zero-order valence-corrected chi connectivity index (χ0v) is 12.5. The Kier molecular flexibility index (Phi) is 5.25. The molecule has 1 heterocycles. The zero-order chi connectivity index (χ0) is 17.0. The van der Waals surface area contributed by atoms with Crippen molar-refractivity contribution in [1.29, 1.82) is 0 Å². The molecule has 1 aliphatic heterocycles. The van der Waals surface area contributed by atoms with E-state index >= 15 is 0 Å². The summed E-state index contributed by atoms with van der Waals surface area (Å²) in [6.45, 7) is 1.96. The van der Waals surface area contributed by atoms with E-state index in [1.165, 1.54) is 6.92 Å². The monoisotopic (exact) mass is 325 g/mol. The van der Waals surface area contributed by atoms with E-state index in [9.17, 15) is 23.2 Å². The summed E-state index contributed by atoms with van der Waals surface area (Å²) in [6.07, 6.45) is 0.240. The lowest BCUT2D eigenvalue weighted by Crippen LogP contribution is -2.50. The second-order valence-corrected chi connectivity index (χ2v) is 5.38. The Morgan fingerprint density at radius 3 is 2.52 bits per heavy atom. The molecule has 3 N–H and O–H groups in total. The van der Waals surface area contributed by atoms with Gasteiger partial charge in [-0.15, -0.1) is 0 Å². The SMILES string of the molecule is C[C@H](NC(=O)Cc1cc(F)cc(F)c1)C(=O)NC1CCNC1=O. The fraction of sp³-hybridized carbons (Fsp3) is 0.400. The molecular formula is C15H17F2N3O3. The average Bonchev–Trinajstić information content (AvgIpc) is 2.82. The van der Waals surface area contributed by atoms with Crippen molar-refractivity contribution in [3.63, 3.8) is 0 Å². The molecule has 0 aromatic heterocycles. The number of hydrogen-bond donors (Lipinski definition) is 3. The first-order valence-corrected chi connectivity index (χ1v) is 7.17. The molecule has 1 aliphatic rings.